The molecule has 0 saturated carbocycles. The molecular weight excluding hydrogens is 236 g/mol. The van der Waals surface area contributed by atoms with Gasteiger partial charge in [-0.3, -0.25) is 9.59 Å². The van der Waals surface area contributed by atoms with E-state index in [1.54, 1.807) is 19.1 Å². The lowest BCUT2D eigenvalue weighted by molar-refractivity contribution is -0.104. The maximum atomic E-state index is 12.5. The summed E-state index contributed by atoms with van der Waals surface area (Å²) in [7, 11) is 0. The van der Waals surface area contributed by atoms with Crippen LogP contribution in [-0.2, 0) is 4.79 Å². The number of hydrogen-bond donors (Lipinski definition) is 0. The van der Waals surface area contributed by atoms with Gasteiger partial charge in [0.1, 0.15) is 6.29 Å². The molecule has 0 radical (unpaired) electrons. The first-order valence-electron chi connectivity index (χ1n) is 6.05. The molecule has 0 aromatic heterocycles. The van der Waals surface area contributed by atoms with Crippen molar-refractivity contribution in [1.82, 2.24) is 0 Å². The van der Waals surface area contributed by atoms with Crippen molar-refractivity contribution >= 4 is 17.6 Å². The van der Waals surface area contributed by atoms with E-state index in [1.165, 1.54) is 0 Å². The first-order valence-corrected chi connectivity index (χ1v) is 6.05. The van der Waals surface area contributed by atoms with Gasteiger partial charge in [0.15, 0.2) is 5.78 Å². The van der Waals surface area contributed by atoms with Gasteiger partial charge in [-0.25, -0.2) is 0 Å². The van der Waals surface area contributed by atoms with E-state index >= 15 is 0 Å². The second-order valence-electron chi connectivity index (χ2n) is 4.24. The summed E-state index contributed by atoms with van der Waals surface area (Å²) in [4.78, 5) is 23.6. The number of benzene rings is 2. The number of carbonyl (C=O) groups is 2. The van der Waals surface area contributed by atoms with E-state index in [-0.39, 0.29) is 5.78 Å². The second-order valence-corrected chi connectivity index (χ2v) is 4.24. The lowest BCUT2D eigenvalue weighted by atomic mass is 9.93. The smallest absolute Gasteiger partial charge is 0.194 e. The van der Waals surface area contributed by atoms with Gasteiger partial charge in [-0.2, -0.15) is 0 Å². The predicted molar refractivity (Wildman–Crippen MR) is 75.9 cm³/mol. The van der Waals surface area contributed by atoms with E-state index < -0.39 is 0 Å². The summed E-state index contributed by atoms with van der Waals surface area (Å²) in [5.41, 5.74) is 2.25. The van der Waals surface area contributed by atoms with E-state index in [0.29, 0.717) is 16.7 Å². The molecule has 0 N–H and O–H groups in total. The molecule has 2 aromatic rings. The van der Waals surface area contributed by atoms with Gasteiger partial charge >= 0.3 is 0 Å². The molecule has 0 unspecified atom stereocenters. The largest absolute Gasteiger partial charge is 0.298 e. The van der Waals surface area contributed by atoms with E-state index in [9.17, 15) is 9.59 Å². The summed E-state index contributed by atoms with van der Waals surface area (Å²) >= 11 is 0. The van der Waals surface area contributed by atoms with Gasteiger partial charge in [-0.1, -0.05) is 60.7 Å². The van der Waals surface area contributed by atoms with Crippen LogP contribution in [0.15, 0.2) is 66.2 Å². The molecule has 0 aliphatic rings. The van der Waals surface area contributed by atoms with Crippen LogP contribution >= 0.6 is 0 Å². The maximum absolute atomic E-state index is 12.5. The van der Waals surface area contributed by atoms with Crippen molar-refractivity contribution in [2.45, 2.75) is 6.92 Å². The van der Waals surface area contributed by atoms with Crippen molar-refractivity contribution in [2.75, 3.05) is 0 Å². The molecule has 94 valence electrons. The minimum atomic E-state index is -0.128. The van der Waals surface area contributed by atoms with Gasteiger partial charge in [0, 0.05) is 16.7 Å². The van der Waals surface area contributed by atoms with Crippen LogP contribution in [0, 0.1) is 0 Å². The molecule has 0 bridgehead atoms. The van der Waals surface area contributed by atoms with Crippen LogP contribution < -0.4 is 0 Å². The minimum absolute atomic E-state index is 0.128. The fourth-order valence-corrected chi connectivity index (χ4v) is 1.94. The van der Waals surface area contributed by atoms with Crippen LogP contribution in [0.25, 0.3) is 5.57 Å². The second kappa shape index (κ2) is 5.91. The van der Waals surface area contributed by atoms with E-state index in [0.717, 1.165) is 11.8 Å². The van der Waals surface area contributed by atoms with Crippen molar-refractivity contribution in [2.24, 2.45) is 0 Å². The minimum Gasteiger partial charge on any atom is -0.298 e. The number of allylic oxidation sites excluding steroid dienone is 2. The van der Waals surface area contributed by atoms with Crippen molar-refractivity contribution in [3.8, 4) is 0 Å². The predicted octanol–water partition coefficient (Wildman–Crippen LogP) is 3.54. The molecule has 2 nitrogen and oxygen atoms in total. The molecule has 0 saturated heterocycles. The van der Waals surface area contributed by atoms with Crippen molar-refractivity contribution in [1.29, 1.82) is 0 Å². The fourth-order valence-electron chi connectivity index (χ4n) is 1.94. The molecule has 0 spiro atoms. The Kier molecular flexibility index (Phi) is 4.04. The Morgan fingerprint density at radius 2 is 1.32 bits per heavy atom. The molecule has 0 amide bonds. The molecule has 0 aliphatic carbocycles. The topological polar surface area (TPSA) is 34.1 Å². The number of carbonyl (C=O) groups excluding carboxylic acids is 2. The van der Waals surface area contributed by atoms with Crippen LogP contribution in [0.2, 0.25) is 0 Å². The fraction of sp³-hybridized carbons (Fsp3) is 0.0588. The third-order valence-corrected chi connectivity index (χ3v) is 2.90. The molecule has 0 aliphatic heterocycles. The van der Waals surface area contributed by atoms with Crippen LogP contribution in [0.1, 0.15) is 22.8 Å². The summed E-state index contributed by atoms with van der Waals surface area (Å²) < 4.78 is 0. The Morgan fingerprint density at radius 1 is 0.842 bits per heavy atom. The molecule has 0 heterocycles. The van der Waals surface area contributed by atoms with Gasteiger partial charge in [0.2, 0.25) is 0 Å². The normalized spacial score (nSPS) is 11.6. The van der Waals surface area contributed by atoms with Crippen LogP contribution in [0.5, 0.6) is 0 Å². The zero-order valence-electron chi connectivity index (χ0n) is 10.7. The average Bonchev–Trinajstić information content (AvgIpc) is 2.49. The average molecular weight is 250 g/mol. The number of Topliss-reactive ketones (excluding diaryl/α,β-unsaturated/α-hetero) is 1. The number of aldehydes is 1. The quantitative estimate of drug-likeness (QED) is 0.472. The summed E-state index contributed by atoms with van der Waals surface area (Å²) in [5, 5.41) is 0. The molecular formula is C17H14O2. The zero-order valence-corrected chi connectivity index (χ0v) is 10.7. The SMILES string of the molecule is C/C(C=O)=C(\C(=O)c1ccccc1)c1ccccc1. The Hall–Kier alpha value is -2.48. The molecule has 2 heteroatoms. The standard InChI is InChI=1S/C17H14O2/c1-13(12-18)16(14-8-4-2-5-9-14)17(19)15-10-6-3-7-11-15/h2-12H,1H3/b16-13+. The molecule has 2 rings (SSSR count). The first kappa shape index (κ1) is 13.0. The Morgan fingerprint density at radius 3 is 1.79 bits per heavy atom. The molecule has 0 atom stereocenters. The molecule has 19 heavy (non-hydrogen) atoms. The molecule has 0 fully saturated rings. The van der Waals surface area contributed by atoms with Crippen molar-refractivity contribution in [3.05, 3.63) is 77.4 Å². The highest BCUT2D eigenvalue weighted by atomic mass is 16.1. The van der Waals surface area contributed by atoms with E-state index in [4.69, 9.17) is 0 Å². The number of rotatable bonds is 4. The summed E-state index contributed by atoms with van der Waals surface area (Å²) in [6.07, 6.45) is 0.725. The Balaban J connectivity index is 2.53. The van der Waals surface area contributed by atoms with E-state index in [1.807, 2.05) is 48.5 Å². The monoisotopic (exact) mass is 250 g/mol. The highest BCUT2D eigenvalue weighted by Gasteiger charge is 2.16. The van der Waals surface area contributed by atoms with Crippen LogP contribution in [-0.4, -0.2) is 12.1 Å². The van der Waals surface area contributed by atoms with Crippen LogP contribution in [0.4, 0.5) is 0 Å². The summed E-state index contributed by atoms with van der Waals surface area (Å²) in [6, 6.07) is 18.2. The highest BCUT2D eigenvalue weighted by Crippen LogP contribution is 2.22. The highest BCUT2D eigenvalue weighted by molar-refractivity contribution is 6.31. The maximum Gasteiger partial charge on any atom is 0.194 e. The van der Waals surface area contributed by atoms with Crippen LogP contribution in [0.3, 0.4) is 0 Å². The third-order valence-electron chi connectivity index (χ3n) is 2.90. The Bertz CT molecular complexity index is 610. The molecule has 2 aromatic carbocycles. The first-order chi connectivity index (χ1) is 9.24. The van der Waals surface area contributed by atoms with Gasteiger partial charge in [0.25, 0.3) is 0 Å². The van der Waals surface area contributed by atoms with Crippen molar-refractivity contribution < 1.29 is 9.59 Å². The lowest BCUT2D eigenvalue weighted by Gasteiger charge is -2.08. The lowest BCUT2D eigenvalue weighted by Crippen LogP contribution is -2.05. The van der Waals surface area contributed by atoms with Gasteiger partial charge in [-0.15, -0.1) is 0 Å². The van der Waals surface area contributed by atoms with Crippen molar-refractivity contribution in [3.63, 3.8) is 0 Å². The zero-order chi connectivity index (χ0) is 13.7. The summed E-state index contributed by atoms with van der Waals surface area (Å²) in [5.74, 6) is -0.128. The number of ketones is 1. The Labute approximate surface area is 112 Å². The third kappa shape index (κ3) is 2.86. The van der Waals surface area contributed by atoms with Gasteiger partial charge in [0.05, 0.1) is 0 Å². The number of hydrogen-bond acceptors (Lipinski definition) is 2. The summed E-state index contributed by atoms with van der Waals surface area (Å²) in [6.45, 7) is 1.66. The van der Waals surface area contributed by atoms with Gasteiger partial charge in [-0.05, 0) is 12.5 Å². The van der Waals surface area contributed by atoms with E-state index in [2.05, 4.69) is 0 Å². The van der Waals surface area contributed by atoms with Gasteiger partial charge < -0.3 is 0 Å².